The number of carbonyl (C=O) groups excluding carboxylic acids is 1. The summed E-state index contributed by atoms with van der Waals surface area (Å²) in [5.74, 6) is -0.674. The Bertz CT molecular complexity index is 776. The minimum Gasteiger partial charge on any atom is -0.504 e. The minimum absolute atomic E-state index is 0.202. The van der Waals surface area contributed by atoms with E-state index in [1.165, 1.54) is 6.07 Å². The van der Waals surface area contributed by atoms with Crippen LogP contribution in [0.15, 0.2) is 39.3 Å². The van der Waals surface area contributed by atoms with Crippen LogP contribution < -0.4 is 5.32 Å². The minimum atomic E-state index is -0.246. The van der Waals surface area contributed by atoms with Gasteiger partial charge in [0.25, 0.3) is 5.91 Å². The van der Waals surface area contributed by atoms with Crippen LogP contribution >= 0.6 is 31.9 Å². The van der Waals surface area contributed by atoms with Gasteiger partial charge in [0, 0.05) is 21.3 Å². The molecule has 1 heterocycles. The van der Waals surface area contributed by atoms with Gasteiger partial charge < -0.3 is 15.5 Å². The van der Waals surface area contributed by atoms with Gasteiger partial charge in [-0.3, -0.25) is 4.79 Å². The smallest absolute Gasteiger partial charge is 0.256 e. The van der Waals surface area contributed by atoms with Crippen LogP contribution in [0.4, 0.5) is 5.69 Å². The van der Waals surface area contributed by atoms with E-state index in [2.05, 4.69) is 37.2 Å². The summed E-state index contributed by atoms with van der Waals surface area (Å²) >= 11 is 6.54. The lowest BCUT2D eigenvalue weighted by Crippen LogP contribution is -2.03. The van der Waals surface area contributed by atoms with E-state index < -0.39 is 0 Å². The first-order valence-electron chi connectivity index (χ1n) is 6.00. The highest BCUT2D eigenvalue weighted by Gasteiger charge is 2.24. The summed E-state index contributed by atoms with van der Waals surface area (Å²) in [5.41, 5.74) is 2.65. The molecular formula is C15H9Br2NO3. The number of amides is 1. The maximum atomic E-state index is 12.1. The van der Waals surface area contributed by atoms with E-state index in [1.807, 2.05) is 18.2 Å². The first-order valence-corrected chi connectivity index (χ1v) is 7.59. The van der Waals surface area contributed by atoms with E-state index >= 15 is 0 Å². The molecule has 6 heteroatoms. The van der Waals surface area contributed by atoms with Crippen molar-refractivity contribution >= 4 is 55.1 Å². The summed E-state index contributed by atoms with van der Waals surface area (Å²) in [7, 11) is 0. The van der Waals surface area contributed by atoms with Crippen molar-refractivity contribution < 1.29 is 15.0 Å². The fraction of sp³-hybridized carbons (Fsp3) is 0. The van der Waals surface area contributed by atoms with Gasteiger partial charge in [-0.25, -0.2) is 0 Å². The average Bonchev–Trinajstić information content (AvgIpc) is 2.72. The number of benzene rings is 2. The third-order valence-corrected chi connectivity index (χ3v) is 4.24. The Kier molecular flexibility index (Phi) is 3.51. The highest BCUT2D eigenvalue weighted by atomic mass is 79.9. The second-order valence-corrected chi connectivity index (χ2v) is 6.34. The number of anilines is 1. The molecular weight excluding hydrogens is 402 g/mol. The number of rotatable bonds is 1. The third-order valence-electron chi connectivity index (χ3n) is 3.14. The largest absolute Gasteiger partial charge is 0.504 e. The molecule has 1 aliphatic heterocycles. The highest BCUT2D eigenvalue weighted by Crippen LogP contribution is 2.38. The van der Waals surface area contributed by atoms with Crippen molar-refractivity contribution in [1.29, 1.82) is 0 Å². The first kappa shape index (κ1) is 14.2. The monoisotopic (exact) mass is 409 g/mol. The normalized spacial score (nSPS) is 15.1. The standard InChI is InChI=1S/C15H9Br2NO3/c16-8-1-2-12-9(6-8)10(15(21)18-12)3-7-4-11(17)14(20)13(19)5-7/h1-6,19-20H,(H,18,21). The second-order valence-electron chi connectivity index (χ2n) is 4.57. The molecule has 0 unspecified atom stereocenters. The van der Waals surface area contributed by atoms with Crippen LogP contribution in [0, 0.1) is 0 Å². The molecule has 0 bridgehead atoms. The topological polar surface area (TPSA) is 69.6 Å². The number of phenols is 2. The SMILES string of the molecule is O=C1Nc2ccc(Br)cc2C1=Cc1cc(O)c(O)c(Br)c1. The van der Waals surface area contributed by atoms with Crippen molar-refractivity contribution in [2.24, 2.45) is 0 Å². The van der Waals surface area contributed by atoms with Gasteiger partial charge in [-0.2, -0.15) is 0 Å². The van der Waals surface area contributed by atoms with E-state index in [0.717, 1.165) is 15.7 Å². The van der Waals surface area contributed by atoms with Crippen LogP contribution in [0.5, 0.6) is 11.5 Å². The van der Waals surface area contributed by atoms with E-state index in [-0.39, 0.29) is 17.4 Å². The number of halogens is 2. The van der Waals surface area contributed by atoms with Crippen LogP contribution in [-0.2, 0) is 4.79 Å². The van der Waals surface area contributed by atoms with Crippen molar-refractivity contribution in [3.05, 3.63) is 50.4 Å². The van der Waals surface area contributed by atoms with Crippen molar-refractivity contribution in [2.45, 2.75) is 0 Å². The van der Waals surface area contributed by atoms with E-state index in [0.29, 0.717) is 15.6 Å². The van der Waals surface area contributed by atoms with Crippen molar-refractivity contribution in [2.75, 3.05) is 5.32 Å². The predicted octanol–water partition coefficient (Wildman–Crippen LogP) is 4.12. The number of nitrogens with one attached hydrogen (secondary N) is 1. The summed E-state index contributed by atoms with van der Waals surface area (Å²) in [6.45, 7) is 0. The summed E-state index contributed by atoms with van der Waals surface area (Å²) in [5, 5.41) is 22.0. The summed E-state index contributed by atoms with van der Waals surface area (Å²) in [4.78, 5) is 12.1. The fourth-order valence-electron chi connectivity index (χ4n) is 2.16. The molecule has 0 fully saturated rings. The second kappa shape index (κ2) is 5.20. The Morgan fingerprint density at radius 3 is 2.57 bits per heavy atom. The Labute approximate surface area is 137 Å². The Hall–Kier alpha value is -1.79. The first-order chi connectivity index (χ1) is 9.95. The molecule has 2 aromatic carbocycles. The Balaban J connectivity index is 2.13. The van der Waals surface area contributed by atoms with E-state index in [1.54, 1.807) is 12.1 Å². The van der Waals surface area contributed by atoms with Crippen LogP contribution in [0.25, 0.3) is 11.6 Å². The summed E-state index contributed by atoms with van der Waals surface area (Å²) in [6, 6.07) is 8.56. The molecule has 0 spiro atoms. The van der Waals surface area contributed by atoms with Crippen LogP contribution in [0.2, 0.25) is 0 Å². The molecule has 0 atom stereocenters. The van der Waals surface area contributed by atoms with Gasteiger partial charge in [-0.05, 0) is 57.9 Å². The highest BCUT2D eigenvalue weighted by molar-refractivity contribution is 9.10. The van der Waals surface area contributed by atoms with Gasteiger partial charge >= 0.3 is 0 Å². The lowest BCUT2D eigenvalue weighted by molar-refractivity contribution is -0.110. The van der Waals surface area contributed by atoms with Crippen molar-refractivity contribution in [3.8, 4) is 11.5 Å². The molecule has 0 radical (unpaired) electrons. The molecule has 2 aromatic rings. The Morgan fingerprint density at radius 1 is 1.10 bits per heavy atom. The lowest BCUT2D eigenvalue weighted by atomic mass is 10.0. The summed E-state index contributed by atoms with van der Waals surface area (Å²) in [6.07, 6.45) is 1.66. The molecule has 4 nitrogen and oxygen atoms in total. The molecule has 3 N–H and O–H groups in total. The number of hydrogen-bond acceptors (Lipinski definition) is 3. The predicted molar refractivity (Wildman–Crippen MR) is 88.1 cm³/mol. The molecule has 106 valence electrons. The number of fused-ring (bicyclic) bond motifs is 1. The quantitative estimate of drug-likeness (QED) is 0.489. The lowest BCUT2D eigenvalue weighted by Gasteiger charge is -2.04. The molecule has 0 saturated carbocycles. The number of phenolic OH excluding ortho intramolecular Hbond substituents is 2. The maximum Gasteiger partial charge on any atom is 0.256 e. The molecule has 0 aromatic heterocycles. The molecule has 1 aliphatic rings. The molecule has 3 rings (SSSR count). The zero-order valence-electron chi connectivity index (χ0n) is 10.5. The zero-order valence-corrected chi connectivity index (χ0v) is 13.7. The number of carbonyl (C=O) groups is 1. The Morgan fingerprint density at radius 2 is 1.86 bits per heavy atom. The third kappa shape index (κ3) is 2.56. The van der Waals surface area contributed by atoms with Crippen LogP contribution in [0.3, 0.4) is 0 Å². The van der Waals surface area contributed by atoms with Gasteiger partial charge in [0.05, 0.1) is 4.47 Å². The fourth-order valence-corrected chi connectivity index (χ4v) is 2.99. The van der Waals surface area contributed by atoms with Gasteiger partial charge in [0.1, 0.15) is 0 Å². The van der Waals surface area contributed by atoms with Gasteiger partial charge in [0.2, 0.25) is 0 Å². The van der Waals surface area contributed by atoms with E-state index in [9.17, 15) is 15.0 Å². The molecule has 0 saturated heterocycles. The van der Waals surface area contributed by atoms with Crippen LogP contribution in [-0.4, -0.2) is 16.1 Å². The molecule has 0 aliphatic carbocycles. The maximum absolute atomic E-state index is 12.1. The molecule has 1 amide bonds. The van der Waals surface area contributed by atoms with Gasteiger partial charge in [0.15, 0.2) is 11.5 Å². The number of aromatic hydroxyl groups is 2. The average molecular weight is 411 g/mol. The van der Waals surface area contributed by atoms with Gasteiger partial charge in [-0.15, -0.1) is 0 Å². The number of hydrogen-bond donors (Lipinski definition) is 3. The van der Waals surface area contributed by atoms with Crippen LogP contribution in [0.1, 0.15) is 11.1 Å². The molecule has 21 heavy (non-hydrogen) atoms. The summed E-state index contributed by atoms with van der Waals surface area (Å²) < 4.78 is 1.24. The van der Waals surface area contributed by atoms with Gasteiger partial charge in [-0.1, -0.05) is 15.9 Å². The zero-order chi connectivity index (χ0) is 15.1. The van der Waals surface area contributed by atoms with Crippen molar-refractivity contribution in [3.63, 3.8) is 0 Å². The van der Waals surface area contributed by atoms with E-state index in [4.69, 9.17) is 0 Å². The van der Waals surface area contributed by atoms with Crippen molar-refractivity contribution in [1.82, 2.24) is 0 Å².